The Balaban J connectivity index is 1.71. The summed E-state index contributed by atoms with van der Waals surface area (Å²) >= 11 is 3.10. The summed E-state index contributed by atoms with van der Waals surface area (Å²) in [5, 5.41) is 12.9. The van der Waals surface area contributed by atoms with Gasteiger partial charge in [0.25, 0.3) is 0 Å². The first-order chi connectivity index (χ1) is 10.8. The van der Waals surface area contributed by atoms with Crippen molar-refractivity contribution in [3.8, 4) is 0 Å². The third-order valence-corrected chi connectivity index (χ3v) is 5.28. The highest BCUT2D eigenvalue weighted by Gasteiger charge is 2.02. The van der Waals surface area contributed by atoms with Crippen molar-refractivity contribution in [3.05, 3.63) is 53.3 Å². The lowest BCUT2D eigenvalue weighted by molar-refractivity contribution is 0.867. The highest BCUT2D eigenvalue weighted by atomic mass is 32.1. The molecule has 22 heavy (non-hydrogen) atoms. The molecule has 7 heteroatoms. The summed E-state index contributed by atoms with van der Waals surface area (Å²) < 4.78 is 4.29. The minimum Gasteiger partial charge on any atom is -0.318 e. The Morgan fingerprint density at radius 2 is 1.73 bits per heavy atom. The molecular weight excluding hydrogens is 314 g/mol. The molecule has 2 aromatic heterocycles. The molecule has 0 spiro atoms. The Morgan fingerprint density at radius 1 is 0.955 bits per heavy atom. The van der Waals surface area contributed by atoms with Gasteiger partial charge in [-0.3, -0.25) is 0 Å². The van der Waals surface area contributed by atoms with E-state index >= 15 is 0 Å². The maximum Gasteiger partial charge on any atom is 0.232 e. The van der Waals surface area contributed by atoms with Crippen LogP contribution in [0.15, 0.2) is 64.0 Å². The van der Waals surface area contributed by atoms with E-state index < -0.39 is 0 Å². The second-order valence-corrected chi connectivity index (χ2v) is 6.68. The minimum absolute atomic E-state index is 0.619. The van der Waals surface area contributed by atoms with Gasteiger partial charge in [0.2, 0.25) is 9.93 Å². The van der Waals surface area contributed by atoms with Crippen molar-refractivity contribution in [3.63, 3.8) is 0 Å². The number of hydrogen-bond donors (Lipinski definition) is 0. The molecule has 0 amide bonds. The van der Waals surface area contributed by atoms with Gasteiger partial charge in [-0.25, -0.2) is 4.98 Å². The molecule has 108 valence electrons. The van der Waals surface area contributed by atoms with Crippen molar-refractivity contribution >= 4 is 48.2 Å². The molecule has 0 atom stereocenters. The zero-order valence-electron chi connectivity index (χ0n) is 11.7. The molecule has 4 rings (SSSR count). The number of thiazole rings is 2. The van der Waals surface area contributed by atoms with E-state index in [0.29, 0.717) is 5.13 Å². The minimum atomic E-state index is 0.619. The fourth-order valence-electron chi connectivity index (χ4n) is 2.18. The van der Waals surface area contributed by atoms with E-state index in [-0.39, 0.29) is 0 Å². The summed E-state index contributed by atoms with van der Waals surface area (Å²) in [6, 6.07) is 16.1. The quantitative estimate of drug-likeness (QED) is 0.397. The van der Waals surface area contributed by atoms with Crippen LogP contribution in [0.4, 0.5) is 5.13 Å². The van der Waals surface area contributed by atoms with Gasteiger partial charge in [0, 0.05) is 7.05 Å². The largest absolute Gasteiger partial charge is 0.318 e. The Bertz CT molecular complexity index is 1020. The molecule has 0 fully saturated rings. The zero-order chi connectivity index (χ0) is 14.9. The molecule has 0 N–H and O–H groups in total. The van der Waals surface area contributed by atoms with Crippen molar-refractivity contribution < 1.29 is 0 Å². The van der Waals surface area contributed by atoms with E-state index in [0.717, 1.165) is 20.5 Å². The molecule has 0 bridgehead atoms. The van der Waals surface area contributed by atoms with E-state index in [4.69, 9.17) is 0 Å². The summed E-state index contributed by atoms with van der Waals surface area (Å²) in [5.74, 6) is 0. The van der Waals surface area contributed by atoms with Gasteiger partial charge >= 0.3 is 0 Å². The number of fused-ring (bicyclic) bond motifs is 2. The second-order valence-electron chi connectivity index (χ2n) is 4.66. The third-order valence-electron chi connectivity index (χ3n) is 3.26. The van der Waals surface area contributed by atoms with Gasteiger partial charge < -0.3 is 4.57 Å². The standard InChI is InChI=1S/C15H11N5S2/c1-20-11-7-3-5-9-13(11)22-15(20)18-19-17-14-16-10-6-2-4-8-12(10)21-14/h2-9H,1H3/b18-15+,19-17?. The number of aryl methyl sites for hydroxylation is 1. The molecule has 0 radical (unpaired) electrons. The number of benzene rings is 2. The van der Waals surface area contributed by atoms with E-state index in [2.05, 4.69) is 32.6 Å². The predicted octanol–water partition coefficient (Wildman–Crippen LogP) is 4.45. The Morgan fingerprint density at radius 3 is 2.55 bits per heavy atom. The molecule has 0 saturated heterocycles. The van der Waals surface area contributed by atoms with Crippen LogP contribution in [-0.2, 0) is 7.05 Å². The molecule has 5 nitrogen and oxygen atoms in total. The Labute approximate surface area is 133 Å². The molecule has 0 aliphatic rings. The first-order valence-electron chi connectivity index (χ1n) is 6.66. The number of rotatable bonds is 2. The lowest BCUT2D eigenvalue weighted by Gasteiger charge is -1.91. The van der Waals surface area contributed by atoms with Gasteiger partial charge in [-0.1, -0.05) is 52.1 Å². The molecule has 0 aliphatic heterocycles. The fraction of sp³-hybridized carbons (Fsp3) is 0.0667. The maximum absolute atomic E-state index is 4.40. The molecule has 4 aromatic rings. The summed E-state index contributed by atoms with van der Waals surface area (Å²) in [6.07, 6.45) is 0. The van der Waals surface area contributed by atoms with Gasteiger partial charge in [-0.05, 0) is 29.5 Å². The molecule has 2 aromatic carbocycles. The number of hydrogen-bond acceptors (Lipinski definition) is 5. The van der Waals surface area contributed by atoms with Crippen molar-refractivity contribution in [2.45, 2.75) is 0 Å². The van der Waals surface area contributed by atoms with Crippen molar-refractivity contribution in [1.29, 1.82) is 0 Å². The third kappa shape index (κ3) is 2.34. The molecule has 0 saturated carbocycles. The molecule has 2 heterocycles. The van der Waals surface area contributed by atoms with Gasteiger partial charge in [0.15, 0.2) is 0 Å². The zero-order valence-corrected chi connectivity index (χ0v) is 13.3. The highest BCUT2D eigenvalue weighted by molar-refractivity contribution is 7.21. The average Bonchev–Trinajstić information content (AvgIpc) is 3.09. The summed E-state index contributed by atoms with van der Waals surface area (Å²) in [7, 11) is 1.98. The van der Waals surface area contributed by atoms with Crippen LogP contribution >= 0.6 is 22.7 Å². The predicted molar refractivity (Wildman–Crippen MR) is 90.5 cm³/mol. The van der Waals surface area contributed by atoms with E-state index in [1.54, 1.807) is 11.3 Å². The molecule has 0 aliphatic carbocycles. The van der Waals surface area contributed by atoms with Crippen molar-refractivity contribution in [2.75, 3.05) is 0 Å². The van der Waals surface area contributed by atoms with Crippen molar-refractivity contribution in [1.82, 2.24) is 9.55 Å². The monoisotopic (exact) mass is 325 g/mol. The maximum atomic E-state index is 4.40. The number of nitrogens with zero attached hydrogens (tertiary/aromatic N) is 5. The van der Waals surface area contributed by atoms with E-state index in [9.17, 15) is 0 Å². The first kappa shape index (κ1) is 13.3. The van der Waals surface area contributed by atoms with E-state index in [1.165, 1.54) is 16.0 Å². The normalized spacial score (nSPS) is 12.9. The van der Waals surface area contributed by atoms with Crippen LogP contribution in [0.1, 0.15) is 0 Å². The lowest BCUT2D eigenvalue weighted by Crippen LogP contribution is -2.08. The van der Waals surface area contributed by atoms with Crippen LogP contribution < -0.4 is 4.80 Å². The van der Waals surface area contributed by atoms with E-state index in [1.807, 2.05) is 48.0 Å². The van der Waals surface area contributed by atoms with Crippen LogP contribution in [0.3, 0.4) is 0 Å². The number of aromatic nitrogens is 2. The Hall–Kier alpha value is -2.38. The molecular formula is C15H11N5S2. The summed E-state index contributed by atoms with van der Waals surface area (Å²) in [6.45, 7) is 0. The van der Waals surface area contributed by atoms with Crippen LogP contribution in [0, 0.1) is 0 Å². The van der Waals surface area contributed by atoms with Crippen LogP contribution in [0.2, 0.25) is 0 Å². The fourth-order valence-corrected chi connectivity index (χ4v) is 3.93. The average molecular weight is 325 g/mol. The smallest absolute Gasteiger partial charge is 0.232 e. The van der Waals surface area contributed by atoms with Gasteiger partial charge in [0.05, 0.1) is 20.4 Å². The van der Waals surface area contributed by atoms with Gasteiger partial charge in [-0.15, -0.1) is 5.10 Å². The lowest BCUT2D eigenvalue weighted by atomic mass is 10.3. The number of para-hydroxylation sites is 2. The van der Waals surface area contributed by atoms with Crippen molar-refractivity contribution in [2.24, 2.45) is 22.5 Å². The second kappa shape index (κ2) is 5.43. The van der Waals surface area contributed by atoms with Gasteiger partial charge in [-0.2, -0.15) is 0 Å². The SMILES string of the molecule is Cn1/c(=N\N=Nc2nc3ccccc3s2)sc2ccccc21. The van der Waals surface area contributed by atoms with Crippen LogP contribution in [0.25, 0.3) is 20.4 Å². The Kier molecular flexibility index (Phi) is 3.28. The summed E-state index contributed by atoms with van der Waals surface area (Å²) in [4.78, 5) is 5.21. The highest BCUT2D eigenvalue weighted by Crippen LogP contribution is 2.27. The molecule has 0 unspecified atom stereocenters. The van der Waals surface area contributed by atoms with Crippen LogP contribution in [0.5, 0.6) is 0 Å². The van der Waals surface area contributed by atoms with Gasteiger partial charge in [0.1, 0.15) is 0 Å². The topological polar surface area (TPSA) is 54.9 Å². The first-order valence-corrected chi connectivity index (χ1v) is 8.29. The van der Waals surface area contributed by atoms with Crippen LogP contribution in [-0.4, -0.2) is 9.55 Å². The summed E-state index contributed by atoms with van der Waals surface area (Å²) in [5.41, 5.74) is 2.08.